The summed E-state index contributed by atoms with van der Waals surface area (Å²) in [5.41, 5.74) is 27.9. The van der Waals surface area contributed by atoms with E-state index in [4.69, 9.17) is 0 Å². The third-order valence-corrected chi connectivity index (χ3v) is 28.6. The van der Waals surface area contributed by atoms with Crippen molar-refractivity contribution in [3.05, 3.63) is 86.0 Å². The van der Waals surface area contributed by atoms with Crippen LogP contribution in [0.1, 0.15) is 640 Å². The minimum absolute atomic E-state index is 0.921. The second-order valence-corrected chi connectivity index (χ2v) is 40.5. The molecule has 2 nitrogen and oxygen atoms in total. The molecule has 3 heteroatoms. The van der Waals surface area contributed by atoms with Gasteiger partial charge in [0.15, 0.2) is 0 Å². The molecule has 0 aliphatic carbocycles. The standard InChI is InChI=1S/C110H196N2.2C4H9.Ni/c1-8-15-22-25-28-31-34-37-40-43-45-47-49-51-53-55-57-59-61-64-67-70-73-76-79-86-93-107-100(88-81-18-11-4)95-105(96-101(107)89-82-19-12-5)109-99-104(92-85-78-75-72-69-66-63-42-39-36-33-30-27-24-17-10-3)110(112(109)111)106-97-102(90-83-20-13-6)108(103(98-106)91-84-21-14-7)94-87-80-77-74-71-68-65-62-60-58-56-54-52-50-48-46-44-41-38-35-32-29-26-23-16-9-2;2*1-3-4-2;/h95-99H,8-84,86-91,93-94H2,1-7H3;2*1,3-4H2,2H3;. The predicted octanol–water partition coefficient (Wildman–Crippen LogP) is 42.2. The van der Waals surface area contributed by atoms with Crippen LogP contribution in [0, 0.1) is 11.8 Å². The molecule has 2 aromatic carbocycles. The molecule has 0 amide bonds. The van der Waals surface area contributed by atoms with Crippen LogP contribution < -0.4 is 0 Å². The molecular formula is C118H214N2Ni. The first-order valence-electron chi connectivity index (χ1n) is 56.1. The molecule has 0 radical (unpaired) electrons. The number of aryl methyl sites for hydroxylation is 4. The molecule has 0 bridgehead atoms. The Balaban J connectivity index is 0.00000518. The molecule has 1 aliphatic heterocycles. The van der Waals surface area contributed by atoms with Gasteiger partial charge >= 0.3 is 64.8 Å². The first-order valence-corrected chi connectivity index (χ1v) is 57.5. The van der Waals surface area contributed by atoms with Crippen molar-refractivity contribution >= 4 is 11.4 Å². The third-order valence-electron chi connectivity index (χ3n) is 27.2. The monoisotopic (exact) mass is 1720 g/mol. The van der Waals surface area contributed by atoms with Crippen LogP contribution in [0.2, 0.25) is 10.8 Å². The summed E-state index contributed by atoms with van der Waals surface area (Å²) < 4.78 is 1.64. The molecule has 706 valence electrons. The summed E-state index contributed by atoms with van der Waals surface area (Å²) in [7, 11) is 0. The minimum atomic E-state index is 0.921. The molecule has 3 rings (SSSR count). The van der Waals surface area contributed by atoms with Gasteiger partial charge in [-0.2, -0.15) is 0 Å². The van der Waals surface area contributed by atoms with Crippen molar-refractivity contribution in [1.82, 2.24) is 0 Å². The Morgan fingerprint density at radius 2 is 0.413 bits per heavy atom. The van der Waals surface area contributed by atoms with E-state index < -0.39 is 0 Å². The predicted molar refractivity (Wildman–Crippen MR) is 545 cm³/mol. The molecule has 0 unspecified atom stereocenters. The molecule has 0 fully saturated rings. The van der Waals surface area contributed by atoms with Crippen LogP contribution in [-0.2, 0) is 53.0 Å². The quantitative estimate of drug-likeness (QED) is 0.0273. The summed E-state index contributed by atoms with van der Waals surface area (Å²) in [5, 5.41) is 2.78. The molecule has 0 aromatic heterocycles. The van der Waals surface area contributed by atoms with Crippen molar-refractivity contribution < 1.29 is 19.1 Å². The summed E-state index contributed by atoms with van der Waals surface area (Å²) in [6, 6.07) is 10.2. The van der Waals surface area contributed by atoms with Gasteiger partial charge in [-0.15, -0.1) is 0 Å². The zero-order valence-electron chi connectivity index (χ0n) is 83.9. The Bertz CT molecular complexity index is 2610. The van der Waals surface area contributed by atoms with E-state index in [9.17, 15) is 5.53 Å². The fraction of sp³-hybridized carbons (Fsp3) is 0.847. The van der Waals surface area contributed by atoms with Gasteiger partial charge in [0.25, 0.3) is 0 Å². The van der Waals surface area contributed by atoms with E-state index in [1.54, 1.807) is 38.1 Å². The van der Waals surface area contributed by atoms with Gasteiger partial charge in [0.05, 0.1) is 0 Å². The number of nitrogens with zero attached hydrogens (tertiary/aromatic N) is 2. The van der Waals surface area contributed by atoms with Crippen LogP contribution in [-0.4, -0.2) is 4.70 Å². The molecule has 0 N–H and O–H groups in total. The first kappa shape index (κ1) is 115. The maximum absolute atomic E-state index is 13.2. The Morgan fingerprint density at radius 3 is 0.645 bits per heavy atom. The molecule has 121 heavy (non-hydrogen) atoms. The van der Waals surface area contributed by atoms with Gasteiger partial charge in [-0.1, -0.05) is 516 Å². The van der Waals surface area contributed by atoms with Crippen molar-refractivity contribution in [3.63, 3.8) is 0 Å². The Labute approximate surface area is 767 Å². The number of allylic oxidation sites excluding steroid dienone is 2. The summed E-state index contributed by atoms with van der Waals surface area (Å²) in [6.45, 7) is 20.9. The maximum atomic E-state index is 13.2. The molecule has 2 aromatic rings. The van der Waals surface area contributed by atoms with Crippen LogP contribution in [0.5, 0.6) is 0 Å². The molecule has 0 spiro atoms. The topological polar surface area (TPSA) is 25.3 Å². The SMILES string of the molecule is CCCCCCCCCCCCCCCCC#CC1=C(c2cc(CCCCC)c(CCCCCCCCCCCCCCCCCCCCCCCCCCCC)c(CCCCC)c2)[N+](=[N-])C(c2cc(CCCCC)c(CCCCCCCCCCCCCCCCCCCCCCCCCCCC)c(CCCCC)c2)=C1.CCC[CH2][Ni][CH2]CCC. The van der Waals surface area contributed by atoms with Gasteiger partial charge in [-0.05, 0) is 141 Å². The first-order chi connectivity index (χ1) is 59.9. The van der Waals surface area contributed by atoms with Crippen molar-refractivity contribution in [3.8, 4) is 11.8 Å². The van der Waals surface area contributed by atoms with Gasteiger partial charge in [0.1, 0.15) is 5.57 Å². The number of benzene rings is 2. The van der Waals surface area contributed by atoms with Gasteiger partial charge in [0, 0.05) is 23.6 Å². The van der Waals surface area contributed by atoms with Crippen molar-refractivity contribution in [2.75, 3.05) is 0 Å². The van der Waals surface area contributed by atoms with Crippen LogP contribution >= 0.6 is 0 Å². The second kappa shape index (κ2) is 90.9. The summed E-state index contributed by atoms with van der Waals surface area (Å²) in [4.78, 5) is 0. The van der Waals surface area contributed by atoms with Crippen molar-refractivity contribution in [1.29, 1.82) is 0 Å². The average molecular weight is 1720 g/mol. The van der Waals surface area contributed by atoms with Crippen LogP contribution in [0.3, 0.4) is 0 Å². The molecule has 1 heterocycles. The Kier molecular flexibility index (Phi) is 86.1. The van der Waals surface area contributed by atoms with E-state index in [-0.39, 0.29) is 0 Å². The zero-order valence-corrected chi connectivity index (χ0v) is 84.9. The number of hydrogen-bond donors (Lipinski definition) is 0. The van der Waals surface area contributed by atoms with E-state index in [0.29, 0.717) is 0 Å². The number of hydrogen-bond acceptors (Lipinski definition) is 0. The van der Waals surface area contributed by atoms with Gasteiger partial charge < -0.3 is 5.53 Å². The molecule has 0 saturated heterocycles. The Hall–Kier alpha value is -2.43. The fourth-order valence-corrected chi connectivity index (χ4v) is 20.5. The van der Waals surface area contributed by atoms with Crippen LogP contribution in [0.25, 0.3) is 16.9 Å². The molecule has 1 aliphatic rings. The van der Waals surface area contributed by atoms with Crippen LogP contribution in [0.15, 0.2) is 35.9 Å². The number of unbranched alkanes of at least 4 members (excludes halogenated alkanes) is 74. The average Bonchev–Trinajstić information content (AvgIpc) is 1.64. The van der Waals surface area contributed by atoms with Crippen molar-refractivity contribution in [2.24, 2.45) is 0 Å². The molecule has 0 atom stereocenters. The molecular weight excluding hydrogens is 1500 g/mol. The van der Waals surface area contributed by atoms with Crippen molar-refractivity contribution in [2.45, 2.75) is 645 Å². The zero-order chi connectivity index (χ0) is 86.9. The van der Waals surface area contributed by atoms with Gasteiger partial charge in [-0.3, -0.25) is 0 Å². The van der Waals surface area contributed by atoms with Gasteiger partial charge in [0.2, 0.25) is 11.4 Å². The third kappa shape index (κ3) is 66.6. The fourth-order valence-electron chi connectivity index (χ4n) is 19.0. The molecule has 0 saturated carbocycles. The Morgan fingerprint density at radius 1 is 0.223 bits per heavy atom. The summed E-state index contributed by atoms with van der Waals surface area (Å²) >= 11 is 1.94. The van der Waals surface area contributed by atoms with E-state index >= 15 is 0 Å². The van der Waals surface area contributed by atoms with Gasteiger partial charge in [-0.25, -0.2) is 4.70 Å². The van der Waals surface area contributed by atoms with E-state index in [0.717, 1.165) is 55.5 Å². The van der Waals surface area contributed by atoms with E-state index in [1.165, 1.54) is 555 Å². The normalized spacial score (nSPS) is 12.2. The van der Waals surface area contributed by atoms with Crippen LogP contribution in [0.4, 0.5) is 0 Å². The van der Waals surface area contributed by atoms with E-state index in [2.05, 4.69) is 104 Å². The van der Waals surface area contributed by atoms with E-state index in [1.807, 2.05) is 14.4 Å². The second-order valence-electron chi connectivity index (χ2n) is 39.0. The summed E-state index contributed by atoms with van der Waals surface area (Å²) in [6.07, 6.45) is 125. The number of rotatable bonds is 92. The summed E-state index contributed by atoms with van der Waals surface area (Å²) in [5.74, 6) is 7.58.